The summed E-state index contributed by atoms with van der Waals surface area (Å²) >= 11 is 0. The van der Waals surface area contributed by atoms with E-state index in [0.29, 0.717) is 13.1 Å². The maximum absolute atomic E-state index is 11.8. The molecule has 1 atom stereocenters. The van der Waals surface area contributed by atoms with E-state index in [4.69, 9.17) is 0 Å². The van der Waals surface area contributed by atoms with Crippen molar-refractivity contribution in [2.45, 2.75) is 19.4 Å². The van der Waals surface area contributed by atoms with Gasteiger partial charge in [0.2, 0.25) is 11.8 Å². The Morgan fingerprint density at radius 3 is 2.80 bits per heavy atom. The lowest BCUT2D eigenvalue weighted by atomic mass is 10.1. The van der Waals surface area contributed by atoms with Gasteiger partial charge in [-0.05, 0) is 12.5 Å². The molecule has 20 heavy (non-hydrogen) atoms. The van der Waals surface area contributed by atoms with Crippen LogP contribution < -0.4 is 16.1 Å². The van der Waals surface area contributed by atoms with Gasteiger partial charge in [0, 0.05) is 13.1 Å². The minimum Gasteiger partial charge on any atom is -0.353 e. The standard InChI is InChI=1S/C14H18N4O2/c1-10(11-5-3-2-4-6-11)17-18-13(19)9-12-14(20)16-8-7-15-12/h2-6,12,15H,7-9H2,1H3,(H,16,20)(H,18,19)/b17-10+. The third-order valence-electron chi connectivity index (χ3n) is 3.06. The fourth-order valence-electron chi connectivity index (χ4n) is 1.93. The smallest absolute Gasteiger partial charge is 0.242 e. The number of carbonyl (C=O) groups excluding carboxylic acids is 2. The highest BCUT2D eigenvalue weighted by atomic mass is 16.2. The molecule has 1 heterocycles. The first-order valence-corrected chi connectivity index (χ1v) is 6.56. The maximum atomic E-state index is 11.8. The molecule has 0 spiro atoms. The Bertz CT molecular complexity index is 513. The minimum absolute atomic E-state index is 0.0808. The number of amides is 2. The molecule has 1 saturated heterocycles. The fourth-order valence-corrected chi connectivity index (χ4v) is 1.93. The van der Waals surface area contributed by atoms with Crippen LogP contribution in [0.1, 0.15) is 18.9 Å². The Labute approximate surface area is 117 Å². The Kier molecular flexibility index (Phi) is 4.84. The first kappa shape index (κ1) is 14.2. The highest BCUT2D eigenvalue weighted by Gasteiger charge is 2.23. The largest absolute Gasteiger partial charge is 0.353 e. The van der Waals surface area contributed by atoms with Gasteiger partial charge in [0.1, 0.15) is 0 Å². The average molecular weight is 274 g/mol. The summed E-state index contributed by atoms with van der Waals surface area (Å²) in [6.45, 7) is 3.10. The van der Waals surface area contributed by atoms with Crippen molar-refractivity contribution in [1.29, 1.82) is 0 Å². The molecule has 0 saturated carbocycles. The van der Waals surface area contributed by atoms with Crippen LogP contribution >= 0.6 is 0 Å². The van der Waals surface area contributed by atoms with Crippen molar-refractivity contribution in [2.24, 2.45) is 5.10 Å². The lowest BCUT2D eigenvalue weighted by Crippen LogP contribution is -2.54. The molecule has 0 aromatic heterocycles. The second-order valence-corrected chi connectivity index (χ2v) is 4.60. The quantitative estimate of drug-likeness (QED) is 0.534. The Hall–Kier alpha value is -2.21. The van der Waals surface area contributed by atoms with Crippen LogP contribution in [0.25, 0.3) is 0 Å². The summed E-state index contributed by atoms with van der Waals surface area (Å²) in [5.41, 5.74) is 4.15. The predicted molar refractivity (Wildman–Crippen MR) is 76.2 cm³/mol. The topological polar surface area (TPSA) is 82.6 Å². The molecule has 1 aliphatic heterocycles. The summed E-state index contributed by atoms with van der Waals surface area (Å²) < 4.78 is 0. The zero-order valence-corrected chi connectivity index (χ0v) is 11.3. The van der Waals surface area contributed by atoms with Crippen molar-refractivity contribution in [3.8, 4) is 0 Å². The summed E-state index contributed by atoms with van der Waals surface area (Å²) in [7, 11) is 0. The number of piperazine rings is 1. The number of hydrazone groups is 1. The Morgan fingerprint density at radius 1 is 1.35 bits per heavy atom. The fraction of sp³-hybridized carbons (Fsp3) is 0.357. The summed E-state index contributed by atoms with van der Waals surface area (Å²) in [6, 6.07) is 9.10. The molecule has 6 nitrogen and oxygen atoms in total. The van der Waals surface area contributed by atoms with Gasteiger partial charge < -0.3 is 10.6 Å². The summed E-state index contributed by atoms with van der Waals surface area (Å²) in [5.74, 6) is -0.426. The molecule has 1 aromatic rings. The molecule has 0 radical (unpaired) electrons. The average Bonchev–Trinajstić information content (AvgIpc) is 2.48. The van der Waals surface area contributed by atoms with Crippen LogP contribution in [0, 0.1) is 0 Å². The molecule has 0 bridgehead atoms. The number of hydrogen-bond acceptors (Lipinski definition) is 4. The van der Waals surface area contributed by atoms with Gasteiger partial charge in [0.05, 0.1) is 18.2 Å². The second-order valence-electron chi connectivity index (χ2n) is 4.60. The van der Waals surface area contributed by atoms with Crippen molar-refractivity contribution in [2.75, 3.05) is 13.1 Å². The molecule has 1 aliphatic rings. The van der Waals surface area contributed by atoms with E-state index in [1.54, 1.807) is 0 Å². The maximum Gasteiger partial charge on any atom is 0.242 e. The zero-order chi connectivity index (χ0) is 14.4. The SMILES string of the molecule is C/C(=N\NC(=O)CC1NCCNC1=O)c1ccccc1. The van der Waals surface area contributed by atoms with E-state index in [-0.39, 0.29) is 18.2 Å². The number of rotatable bonds is 4. The first-order chi connectivity index (χ1) is 9.66. The van der Waals surface area contributed by atoms with E-state index in [1.807, 2.05) is 37.3 Å². The summed E-state index contributed by atoms with van der Waals surface area (Å²) in [4.78, 5) is 23.3. The van der Waals surface area contributed by atoms with Gasteiger partial charge in [-0.1, -0.05) is 30.3 Å². The van der Waals surface area contributed by atoms with Crippen molar-refractivity contribution >= 4 is 17.5 Å². The van der Waals surface area contributed by atoms with Crippen LogP contribution in [0.15, 0.2) is 35.4 Å². The Morgan fingerprint density at radius 2 is 2.10 bits per heavy atom. The molecule has 2 rings (SSSR count). The number of nitrogens with one attached hydrogen (secondary N) is 3. The van der Waals surface area contributed by atoms with E-state index < -0.39 is 6.04 Å². The van der Waals surface area contributed by atoms with Gasteiger partial charge in [0.25, 0.3) is 0 Å². The van der Waals surface area contributed by atoms with Gasteiger partial charge in [0.15, 0.2) is 0 Å². The van der Waals surface area contributed by atoms with Crippen LogP contribution in [0.3, 0.4) is 0 Å². The third-order valence-corrected chi connectivity index (χ3v) is 3.06. The Balaban J connectivity index is 1.87. The molecule has 106 valence electrons. The zero-order valence-electron chi connectivity index (χ0n) is 11.3. The van der Waals surface area contributed by atoms with Gasteiger partial charge in [-0.15, -0.1) is 0 Å². The van der Waals surface area contributed by atoms with Crippen molar-refractivity contribution in [3.63, 3.8) is 0 Å². The van der Waals surface area contributed by atoms with E-state index in [9.17, 15) is 9.59 Å². The molecule has 0 aliphatic carbocycles. The first-order valence-electron chi connectivity index (χ1n) is 6.56. The van der Waals surface area contributed by atoms with Crippen LogP contribution in [0.5, 0.6) is 0 Å². The third kappa shape index (κ3) is 3.89. The molecule has 1 fully saturated rings. The lowest BCUT2D eigenvalue weighted by Gasteiger charge is -2.22. The summed E-state index contributed by atoms with van der Waals surface area (Å²) in [6.07, 6.45) is 0.0808. The number of nitrogens with zero attached hydrogens (tertiary/aromatic N) is 1. The lowest BCUT2D eigenvalue weighted by molar-refractivity contribution is -0.129. The molecule has 1 unspecified atom stereocenters. The minimum atomic E-state index is -0.476. The number of carbonyl (C=O) groups is 2. The van der Waals surface area contributed by atoms with Crippen molar-refractivity contribution in [1.82, 2.24) is 16.1 Å². The summed E-state index contributed by atoms with van der Waals surface area (Å²) in [5, 5.41) is 9.75. The van der Waals surface area contributed by atoms with Crippen LogP contribution in [0.4, 0.5) is 0 Å². The van der Waals surface area contributed by atoms with Crippen molar-refractivity contribution in [3.05, 3.63) is 35.9 Å². The molecule has 6 heteroatoms. The highest BCUT2D eigenvalue weighted by Crippen LogP contribution is 2.00. The van der Waals surface area contributed by atoms with E-state index in [2.05, 4.69) is 21.2 Å². The van der Waals surface area contributed by atoms with Crippen LogP contribution in [-0.4, -0.2) is 36.7 Å². The molecule has 1 aromatic carbocycles. The van der Waals surface area contributed by atoms with Crippen LogP contribution in [-0.2, 0) is 9.59 Å². The molecular formula is C14H18N4O2. The molecular weight excluding hydrogens is 256 g/mol. The molecule has 3 N–H and O–H groups in total. The van der Waals surface area contributed by atoms with E-state index in [1.165, 1.54) is 0 Å². The van der Waals surface area contributed by atoms with E-state index in [0.717, 1.165) is 11.3 Å². The highest BCUT2D eigenvalue weighted by molar-refractivity contribution is 5.99. The monoisotopic (exact) mass is 274 g/mol. The van der Waals surface area contributed by atoms with E-state index >= 15 is 0 Å². The second kappa shape index (κ2) is 6.81. The normalized spacial score (nSPS) is 19.4. The number of benzene rings is 1. The predicted octanol–water partition coefficient (Wildman–Crippen LogP) is 0.00490. The van der Waals surface area contributed by atoms with Gasteiger partial charge in [-0.25, -0.2) is 5.43 Å². The van der Waals surface area contributed by atoms with Gasteiger partial charge in [-0.3, -0.25) is 9.59 Å². The van der Waals surface area contributed by atoms with Gasteiger partial charge >= 0.3 is 0 Å². The van der Waals surface area contributed by atoms with Gasteiger partial charge in [-0.2, -0.15) is 5.10 Å². The van der Waals surface area contributed by atoms with Crippen LogP contribution in [0.2, 0.25) is 0 Å². The van der Waals surface area contributed by atoms with Crippen molar-refractivity contribution < 1.29 is 9.59 Å². The number of hydrogen-bond donors (Lipinski definition) is 3. The molecule has 2 amide bonds.